The van der Waals surface area contributed by atoms with Crippen molar-refractivity contribution in [2.24, 2.45) is 0 Å². The summed E-state index contributed by atoms with van der Waals surface area (Å²) in [6.45, 7) is 3.36. The van der Waals surface area contributed by atoms with Gasteiger partial charge in [-0.2, -0.15) is 5.26 Å². The zero-order chi connectivity index (χ0) is 13.7. The van der Waals surface area contributed by atoms with E-state index in [1.54, 1.807) is 6.20 Å². The lowest BCUT2D eigenvalue weighted by molar-refractivity contribution is -0.126. The van der Waals surface area contributed by atoms with Gasteiger partial charge in [-0.05, 0) is 25.5 Å². The normalized spacial score (nSPS) is 24.3. The summed E-state index contributed by atoms with van der Waals surface area (Å²) in [5.41, 5.74) is 0.923. The van der Waals surface area contributed by atoms with Crippen molar-refractivity contribution in [2.45, 2.75) is 38.4 Å². The third-order valence-electron chi connectivity index (χ3n) is 3.49. The van der Waals surface area contributed by atoms with Gasteiger partial charge in [0, 0.05) is 25.3 Å². The topological polar surface area (TPSA) is 69.0 Å². The van der Waals surface area contributed by atoms with Crippen LogP contribution in [-0.2, 0) is 11.3 Å². The molecular weight excluding hydrogens is 240 g/mol. The van der Waals surface area contributed by atoms with Gasteiger partial charge in [-0.1, -0.05) is 6.07 Å². The minimum absolute atomic E-state index is 0.0539. The molecule has 0 radical (unpaired) electrons. The number of hydrogen-bond acceptors (Lipinski definition) is 4. The monoisotopic (exact) mass is 258 g/mol. The van der Waals surface area contributed by atoms with Crippen molar-refractivity contribution in [3.8, 4) is 6.07 Å². The second-order valence-corrected chi connectivity index (χ2v) is 4.80. The lowest BCUT2D eigenvalue weighted by Crippen LogP contribution is -2.46. The van der Waals surface area contributed by atoms with Gasteiger partial charge in [0.25, 0.3) is 0 Å². The molecule has 5 heteroatoms. The van der Waals surface area contributed by atoms with Crippen LogP contribution in [0.3, 0.4) is 0 Å². The van der Waals surface area contributed by atoms with E-state index in [-0.39, 0.29) is 24.4 Å². The molecule has 5 nitrogen and oxygen atoms in total. The largest absolute Gasteiger partial charge is 0.355 e. The standard InChI is InChI=1S/C14H18N4O/c1-11-6-9-17-14(19)13(5-7-15)18(11)10-12-4-2-3-8-16-12/h2-4,8,11,13H,5-6,9-10H2,1H3,(H,17,19). The van der Waals surface area contributed by atoms with Crippen LogP contribution in [0.2, 0.25) is 0 Å². The maximum absolute atomic E-state index is 12.0. The van der Waals surface area contributed by atoms with E-state index >= 15 is 0 Å². The van der Waals surface area contributed by atoms with E-state index in [2.05, 4.69) is 28.2 Å². The van der Waals surface area contributed by atoms with Crippen molar-refractivity contribution in [1.29, 1.82) is 5.26 Å². The van der Waals surface area contributed by atoms with Crippen molar-refractivity contribution in [1.82, 2.24) is 15.2 Å². The Morgan fingerprint density at radius 3 is 3.11 bits per heavy atom. The van der Waals surface area contributed by atoms with Gasteiger partial charge in [-0.3, -0.25) is 14.7 Å². The van der Waals surface area contributed by atoms with Gasteiger partial charge in [0.2, 0.25) is 5.91 Å². The summed E-state index contributed by atoms with van der Waals surface area (Å²) in [5, 5.41) is 11.8. The maximum atomic E-state index is 12.0. The van der Waals surface area contributed by atoms with Gasteiger partial charge in [0.05, 0.1) is 18.2 Å². The molecule has 1 aromatic heterocycles. The highest BCUT2D eigenvalue weighted by molar-refractivity contribution is 5.82. The van der Waals surface area contributed by atoms with Crippen molar-refractivity contribution >= 4 is 5.91 Å². The minimum Gasteiger partial charge on any atom is -0.355 e. The molecular formula is C14H18N4O. The third-order valence-corrected chi connectivity index (χ3v) is 3.49. The summed E-state index contributed by atoms with van der Waals surface area (Å²) >= 11 is 0. The number of nitriles is 1. The summed E-state index contributed by atoms with van der Waals surface area (Å²) < 4.78 is 0. The van der Waals surface area contributed by atoms with Gasteiger partial charge >= 0.3 is 0 Å². The lowest BCUT2D eigenvalue weighted by atomic mass is 10.1. The number of nitrogens with zero attached hydrogens (tertiary/aromatic N) is 3. The van der Waals surface area contributed by atoms with E-state index in [9.17, 15) is 4.79 Å². The molecule has 2 atom stereocenters. The Balaban J connectivity index is 2.20. The van der Waals surface area contributed by atoms with Crippen LogP contribution < -0.4 is 5.32 Å². The zero-order valence-corrected chi connectivity index (χ0v) is 11.0. The molecule has 0 spiro atoms. The number of rotatable bonds is 3. The minimum atomic E-state index is -0.385. The van der Waals surface area contributed by atoms with E-state index in [0.717, 1.165) is 12.1 Å². The van der Waals surface area contributed by atoms with Gasteiger partial charge in [-0.15, -0.1) is 0 Å². The number of nitrogens with one attached hydrogen (secondary N) is 1. The first-order valence-corrected chi connectivity index (χ1v) is 6.52. The predicted molar refractivity (Wildman–Crippen MR) is 70.9 cm³/mol. The van der Waals surface area contributed by atoms with Crippen molar-refractivity contribution in [3.63, 3.8) is 0 Å². The molecule has 0 saturated carbocycles. The van der Waals surface area contributed by atoms with Gasteiger partial charge < -0.3 is 5.32 Å². The molecule has 1 fully saturated rings. The van der Waals surface area contributed by atoms with Crippen LogP contribution in [0.25, 0.3) is 0 Å². The predicted octanol–water partition coefficient (Wildman–Crippen LogP) is 1.07. The van der Waals surface area contributed by atoms with Crippen molar-refractivity contribution < 1.29 is 4.79 Å². The first kappa shape index (κ1) is 13.5. The van der Waals surface area contributed by atoms with Crippen LogP contribution in [0.1, 0.15) is 25.5 Å². The fraction of sp³-hybridized carbons (Fsp3) is 0.500. The maximum Gasteiger partial charge on any atom is 0.238 e. The van der Waals surface area contributed by atoms with E-state index in [4.69, 9.17) is 5.26 Å². The highest BCUT2D eigenvalue weighted by atomic mass is 16.2. The van der Waals surface area contributed by atoms with Crippen LogP contribution in [0.5, 0.6) is 0 Å². The quantitative estimate of drug-likeness (QED) is 0.880. The van der Waals surface area contributed by atoms with E-state index in [1.165, 1.54) is 0 Å². The molecule has 2 unspecified atom stereocenters. The summed E-state index contributed by atoms with van der Waals surface area (Å²) in [6, 6.07) is 7.72. The average Bonchev–Trinajstić information content (AvgIpc) is 2.54. The van der Waals surface area contributed by atoms with E-state index in [1.807, 2.05) is 18.2 Å². The fourth-order valence-electron chi connectivity index (χ4n) is 2.39. The highest BCUT2D eigenvalue weighted by Gasteiger charge is 2.32. The Labute approximate surface area is 113 Å². The smallest absolute Gasteiger partial charge is 0.238 e. The van der Waals surface area contributed by atoms with Crippen LogP contribution in [0.15, 0.2) is 24.4 Å². The molecule has 1 N–H and O–H groups in total. The number of aromatic nitrogens is 1. The van der Waals surface area contributed by atoms with Crippen LogP contribution in [0, 0.1) is 11.3 Å². The molecule has 1 saturated heterocycles. The van der Waals surface area contributed by atoms with Gasteiger partial charge in [0.1, 0.15) is 6.04 Å². The number of hydrogen-bond donors (Lipinski definition) is 1. The van der Waals surface area contributed by atoms with Crippen LogP contribution in [-0.4, -0.2) is 34.4 Å². The van der Waals surface area contributed by atoms with Gasteiger partial charge in [-0.25, -0.2) is 0 Å². The molecule has 100 valence electrons. The Hall–Kier alpha value is -1.93. The number of amides is 1. The van der Waals surface area contributed by atoms with Gasteiger partial charge in [0.15, 0.2) is 0 Å². The van der Waals surface area contributed by atoms with Crippen LogP contribution in [0.4, 0.5) is 0 Å². The number of carbonyl (C=O) groups is 1. The Bertz CT molecular complexity index is 468. The molecule has 1 aliphatic rings. The van der Waals surface area contributed by atoms with E-state index in [0.29, 0.717) is 13.1 Å². The molecule has 1 aromatic rings. The number of pyridine rings is 1. The first-order valence-electron chi connectivity index (χ1n) is 6.52. The van der Waals surface area contributed by atoms with Crippen molar-refractivity contribution in [3.05, 3.63) is 30.1 Å². The lowest BCUT2D eigenvalue weighted by Gasteiger charge is -2.31. The SMILES string of the molecule is CC1CCNC(=O)C(CC#N)N1Cc1ccccn1. The summed E-state index contributed by atoms with van der Waals surface area (Å²) in [5.74, 6) is -0.0539. The summed E-state index contributed by atoms with van der Waals surface area (Å²) in [4.78, 5) is 18.4. The Morgan fingerprint density at radius 1 is 1.58 bits per heavy atom. The summed E-state index contributed by atoms with van der Waals surface area (Å²) in [6.07, 6.45) is 2.85. The highest BCUT2D eigenvalue weighted by Crippen LogP contribution is 2.18. The second kappa shape index (κ2) is 6.30. The second-order valence-electron chi connectivity index (χ2n) is 4.80. The molecule has 19 heavy (non-hydrogen) atoms. The third kappa shape index (κ3) is 3.30. The number of carbonyl (C=O) groups excluding carboxylic acids is 1. The molecule has 1 amide bonds. The van der Waals surface area contributed by atoms with Crippen LogP contribution >= 0.6 is 0 Å². The molecule has 1 aliphatic heterocycles. The molecule has 0 aliphatic carbocycles. The first-order chi connectivity index (χ1) is 9.22. The fourth-order valence-corrected chi connectivity index (χ4v) is 2.39. The summed E-state index contributed by atoms with van der Waals surface area (Å²) in [7, 11) is 0. The van der Waals surface area contributed by atoms with Crippen molar-refractivity contribution in [2.75, 3.05) is 6.54 Å². The Morgan fingerprint density at radius 2 is 2.42 bits per heavy atom. The van der Waals surface area contributed by atoms with E-state index < -0.39 is 0 Å². The molecule has 2 rings (SSSR count). The zero-order valence-electron chi connectivity index (χ0n) is 11.0. The molecule has 2 heterocycles. The Kier molecular flexibility index (Phi) is 4.48. The molecule has 0 aromatic carbocycles. The molecule has 0 bridgehead atoms. The average molecular weight is 258 g/mol.